The average Bonchev–Trinajstić information content (AvgIpc) is 3.24. The predicted octanol–water partition coefficient (Wildman–Crippen LogP) is 4.57. The van der Waals surface area contributed by atoms with Gasteiger partial charge in [0.15, 0.2) is 0 Å². The van der Waals surface area contributed by atoms with Gasteiger partial charge in [0.05, 0.1) is 6.54 Å². The van der Waals surface area contributed by atoms with Crippen LogP contribution in [0.4, 0.5) is 0 Å². The molecule has 0 bridgehead atoms. The van der Waals surface area contributed by atoms with E-state index in [0.717, 1.165) is 37.1 Å². The number of nitrogens with zero attached hydrogens (tertiary/aromatic N) is 4. The van der Waals surface area contributed by atoms with Gasteiger partial charge in [0.2, 0.25) is 17.6 Å². The number of hydrogen-bond acceptors (Lipinski definition) is 5. The lowest BCUT2D eigenvalue weighted by atomic mass is 9.95. The fourth-order valence-corrected chi connectivity index (χ4v) is 4.05. The Morgan fingerprint density at radius 1 is 1.13 bits per heavy atom. The third kappa shape index (κ3) is 5.51. The number of piperidine rings is 1. The van der Waals surface area contributed by atoms with E-state index in [-0.39, 0.29) is 11.8 Å². The first-order valence-electron chi connectivity index (χ1n) is 10.6. The quantitative estimate of drug-likeness (QED) is 0.564. The summed E-state index contributed by atoms with van der Waals surface area (Å²) in [5.74, 6) is 1.48. The molecular weight excluding hydrogens is 412 g/mol. The Hall–Kier alpha value is -2.70. The van der Waals surface area contributed by atoms with Gasteiger partial charge in [0.25, 0.3) is 0 Å². The van der Waals surface area contributed by atoms with Crippen molar-refractivity contribution in [1.82, 2.24) is 19.9 Å². The lowest BCUT2D eigenvalue weighted by Crippen LogP contribution is -2.40. The molecule has 3 aromatic rings. The van der Waals surface area contributed by atoms with E-state index in [1.807, 2.05) is 60.5 Å². The summed E-state index contributed by atoms with van der Waals surface area (Å²) < 4.78 is 5.45. The fraction of sp³-hybridized carbons (Fsp3) is 0.375. The monoisotopic (exact) mass is 438 g/mol. The Morgan fingerprint density at radius 2 is 1.81 bits per heavy atom. The van der Waals surface area contributed by atoms with Gasteiger partial charge in [-0.2, -0.15) is 4.98 Å². The molecule has 1 aliphatic heterocycles. The highest BCUT2D eigenvalue weighted by atomic mass is 35.5. The second kappa shape index (κ2) is 9.62. The molecule has 162 valence electrons. The smallest absolute Gasteiger partial charge is 0.241 e. The van der Waals surface area contributed by atoms with E-state index in [9.17, 15) is 4.79 Å². The van der Waals surface area contributed by atoms with E-state index >= 15 is 0 Å². The lowest BCUT2D eigenvalue weighted by molar-refractivity contribution is -0.136. The van der Waals surface area contributed by atoms with Crippen molar-refractivity contribution in [1.29, 1.82) is 0 Å². The highest BCUT2D eigenvalue weighted by Gasteiger charge is 2.28. The molecule has 0 spiro atoms. The molecule has 6 nitrogen and oxygen atoms in total. The molecular formula is C24H27ClN4O2. The normalized spacial score (nSPS) is 15.2. The summed E-state index contributed by atoms with van der Waals surface area (Å²) in [7, 11) is 1.87. The molecule has 0 radical (unpaired) electrons. The topological polar surface area (TPSA) is 62.5 Å². The molecule has 0 saturated carbocycles. The van der Waals surface area contributed by atoms with Gasteiger partial charge in [-0.25, -0.2) is 0 Å². The number of carbonyl (C=O) groups excluding carboxylic acids is 1. The van der Waals surface area contributed by atoms with Crippen LogP contribution in [0.25, 0.3) is 11.4 Å². The van der Waals surface area contributed by atoms with E-state index in [1.165, 1.54) is 5.56 Å². The molecule has 0 unspecified atom stereocenters. The predicted molar refractivity (Wildman–Crippen MR) is 120 cm³/mol. The summed E-state index contributed by atoms with van der Waals surface area (Å²) in [5.41, 5.74) is 3.23. The third-order valence-corrected chi connectivity index (χ3v) is 6.03. The highest BCUT2D eigenvalue weighted by molar-refractivity contribution is 6.30. The van der Waals surface area contributed by atoms with Crippen LogP contribution < -0.4 is 0 Å². The molecule has 2 aromatic carbocycles. The van der Waals surface area contributed by atoms with Gasteiger partial charge < -0.3 is 9.42 Å². The zero-order valence-electron chi connectivity index (χ0n) is 17.9. The Morgan fingerprint density at radius 3 is 2.48 bits per heavy atom. The maximum atomic E-state index is 12.9. The Labute approximate surface area is 187 Å². The minimum Gasteiger partial charge on any atom is -0.341 e. The number of likely N-dealkylation sites (tertiary alicyclic amines) is 1. The van der Waals surface area contributed by atoms with Gasteiger partial charge in [-0.3, -0.25) is 9.69 Å². The number of carbonyl (C=O) groups is 1. The number of aryl methyl sites for hydroxylation is 1. The first-order valence-corrected chi connectivity index (χ1v) is 11.0. The van der Waals surface area contributed by atoms with Crippen molar-refractivity contribution >= 4 is 17.5 Å². The van der Waals surface area contributed by atoms with E-state index in [1.54, 1.807) is 0 Å². The molecule has 0 atom stereocenters. The van der Waals surface area contributed by atoms with Crippen molar-refractivity contribution < 1.29 is 9.32 Å². The Kier molecular flexibility index (Phi) is 6.68. The van der Waals surface area contributed by atoms with Crippen molar-refractivity contribution in [2.75, 3.05) is 20.1 Å². The largest absolute Gasteiger partial charge is 0.341 e. The zero-order chi connectivity index (χ0) is 21.8. The van der Waals surface area contributed by atoms with Gasteiger partial charge >= 0.3 is 0 Å². The highest BCUT2D eigenvalue weighted by Crippen LogP contribution is 2.23. The maximum Gasteiger partial charge on any atom is 0.241 e. The molecule has 0 aliphatic carbocycles. The Balaban J connectivity index is 1.27. The van der Waals surface area contributed by atoms with Crippen LogP contribution in [0.5, 0.6) is 0 Å². The molecule has 1 fully saturated rings. The summed E-state index contributed by atoms with van der Waals surface area (Å²) in [6.45, 7) is 4.94. The van der Waals surface area contributed by atoms with Crippen molar-refractivity contribution in [3.8, 4) is 11.4 Å². The molecule has 1 saturated heterocycles. The maximum absolute atomic E-state index is 12.9. The van der Waals surface area contributed by atoms with Gasteiger partial charge in [0, 0.05) is 30.1 Å². The average molecular weight is 439 g/mol. The minimum atomic E-state index is 0.0550. The van der Waals surface area contributed by atoms with E-state index in [2.05, 4.69) is 22.0 Å². The van der Waals surface area contributed by atoms with Crippen LogP contribution in [-0.4, -0.2) is 46.0 Å². The van der Waals surface area contributed by atoms with E-state index < -0.39 is 0 Å². The molecule has 7 heteroatoms. The van der Waals surface area contributed by atoms with E-state index in [4.69, 9.17) is 16.1 Å². The number of hydrogen-bond donors (Lipinski definition) is 0. The number of benzene rings is 2. The van der Waals surface area contributed by atoms with Gasteiger partial charge in [-0.05, 0) is 50.6 Å². The zero-order valence-corrected chi connectivity index (χ0v) is 18.7. The van der Waals surface area contributed by atoms with Crippen LogP contribution in [0.1, 0.15) is 29.9 Å². The molecule has 0 N–H and O–H groups in total. The number of amides is 1. The number of halogens is 1. The van der Waals surface area contributed by atoms with Crippen LogP contribution in [0.3, 0.4) is 0 Å². The summed E-state index contributed by atoms with van der Waals surface area (Å²) >= 11 is 5.94. The standard InChI is InChI=1S/C24H27ClN4O2/c1-17-3-7-19(8-4-17)23-26-22(31-27-23)16-29-13-11-20(12-14-29)24(30)28(2)15-18-5-9-21(25)10-6-18/h3-10,20H,11-16H2,1-2H3. The fourth-order valence-electron chi connectivity index (χ4n) is 3.92. The first kappa shape index (κ1) is 21.5. The van der Waals surface area contributed by atoms with Crippen LogP contribution in [-0.2, 0) is 17.9 Å². The molecule has 4 rings (SSSR count). The first-order chi connectivity index (χ1) is 15.0. The van der Waals surface area contributed by atoms with Crippen molar-refractivity contribution in [3.05, 3.63) is 70.6 Å². The number of rotatable bonds is 6. The summed E-state index contributed by atoms with van der Waals surface area (Å²) in [4.78, 5) is 21.5. The van der Waals surface area contributed by atoms with Crippen LogP contribution >= 0.6 is 11.6 Å². The number of aromatic nitrogens is 2. The van der Waals surface area contributed by atoms with Crippen LogP contribution in [0.15, 0.2) is 53.1 Å². The van der Waals surface area contributed by atoms with Gasteiger partial charge in [0.1, 0.15) is 0 Å². The Bertz CT molecular complexity index is 1010. The van der Waals surface area contributed by atoms with Gasteiger partial charge in [-0.1, -0.05) is 58.7 Å². The molecule has 2 heterocycles. The summed E-state index contributed by atoms with van der Waals surface area (Å²) in [5, 5.41) is 4.82. The molecule has 31 heavy (non-hydrogen) atoms. The third-order valence-electron chi connectivity index (χ3n) is 5.78. The second-order valence-corrected chi connectivity index (χ2v) is 8.69. The van der Waals surface area contributed by atoms with Crippen molar-refractivity contribution in [2.45, 2.75) is 32.9 Å². The van der Waals surface area contributed by atoms with E-state index in [0.29, 0.717) is 29.8 Å². The SMILES string of the molecule is Cc1ccc(-c2noc(CN3CCC(C(=O)N(C)Cc4ccc(Cl)cc4)CC3)n2)cc1. The second-order valence-electron chi connectivity index (χ2n) is 8.25. The van der Waals surface area contributed by atoms with Crippen LogP contribution in [0, 0.1) is 12.8 Å². The van der Waals surface area contributed by atoms with Crippen molar-refractivity contribution in [3.63, 3.8) is 0 Å². The molecule has 1 aromatic heterocycles. The summed E-state index contributed by atoms with van der Waals surface area (Å²) in [6.07, 6.45) is 1.67. The van der Waals surface area contributed by atoms with Gasteiger partial charge in [-0.15, -0.1) is 0 Å². The van der Waals surface area contributed by atoms with Crippen molar-refractivity contribution in [2.24, 2.45) is 5.92 Å². The van der Waals surface area contributed by atoms with Crippen LogP contribution in [0.2, 0.25) is 5.02 Å². The lowest BCUT2D eigenvalue weighted by Gasteiger charge is -2.32. The molecule has 1 aliphatic rings. The molecule has 1 amide bonds. The minimum absolute atomic E-state index is 0.0550. The summed E-state index contributed by atoms with van der Waals surface area (Å²) in [6, 6.07) is 15.7.